The molecule has 0 radical (unpaired) electrons. The molecular formula is C11H15NO3. The summed E-state index contributed by atoms with van der Waals surface area (Å²) in [5.41, 5.74) is -0.0736. The number of hydrogen-bond donors (Lipinski definition) is 1. The van der Waals surface area contributed by atoms with Crippen LogP contribution in [0.1, 0.15) is 6.42 Å². The van der Waals surface area contributed by atoms with Gasteiger partial charge in [-0.15, -0.1) is 0 Å². The number of hydrogen-bond acceptors (Lipinski definition) is 3. The molecule has 1 aromatic rings. The molecule has 1 aromatic heterocycles. The van der Waals surface area contributed by atoms with Crippen LogP contribution in [0.15, 0.2) is 29.2 Å². The van der Waals surface area contributed by atoms with Crippen molar-refractivity contribution in [2.24, 2.45) is 5.92 Å². The van der Waals surface area contributed by atoms with Crippen molar-refractivity contribution >= 4 is 0 Å². The second-order valence-electron chi connectivity index (χ2n) is 3.88. The topological polar surface area (TPSA) is 51.5 Å². The van der Waals surface area contributed by atoms with Gasteiger partial charge in [-0.1, -0.05) is 6.07 Å². The first-order chi connectivity index (χ1) is 7.27. The molecule has 2 rings (SSSR count). The van der Waals surface area contributed by atoms with Gasteiger partial charge in [-0.2, -0.15) is 0 Å². The third-order valence-corrected chi connectivity index (χ3v) is 2.79. The highest BCUT2D eigenvalue weighted by Gasteiger charge is 2.24. The highest BCUT2D eigenvalue weighted by atomic mass is 16.5. The lowest BCUT2D eigenvalue weighted by Crippen LogP contribution is -2.30. The van der Waals surface area contributed by atoms with Crippen LogP contribution in [0.25, 0.3) is 0 Å². The Morgan fingerprint density at radius 2 is 2.47 bits per heavy atom. The third kappa shape index (κ3) is 2.46. The number of nitrogens with zero attached hydrogens (tertiary/aromatic N) is 1. The lowest BCUT2D eigenvalue weighted by molar-refractivity contribution is 0.0769. The zero-order valence-electron chi connectivity index (χ0n) is 8.50. The van der Waals surface area contributed by atoms with Crippen molar-refractivity contribution < 1.29 is 9.84 Å². The van der Waals surface area contributed by atoms with Gasteiger partial charge in [0.05, 0.1) is 19.3 Å². The van der Waals surface area contributed by atoms with Gasteiger partial charge in [0.2, 0.25) is 0 Å². The van der Waals surface area contributed by atoms with Gasteiger partial charge in [0.1, 0.15) is 0 Å². The highest BCUT2D eigenvalue weighted by Crippen LogP contribution is 2.17. The minimum absolute atomic E-state index is 0.0736. The summed E-state index contributed by atoms with van der Waals surface area (Å²) < 4.78 is 6.73. The van der Waals surface area contributed by atoms with Crippen LogP contribution in [0.3, 0.4) is 0 Å². The molecule has 2 atom stereocenters. The second kappa shape index (κ2) is 4.59. The molecule has 0 amide bonds. The Hall–Kier alpha value is -1.13. The van der Waals surface area contributed by atoms with Crippen LogP contribution in [-0.2, 0) is 11.3 Å². The van der Waals surface area contributed by atoms with Crippen molar-refractivity contribution in [1.29, 1.82) is 0 Å². The predicted molar refractivity (Wildman–Crippen MR) is 55.6 cm³/mol. The van der Waals surface area contributed by atoms with Crippen LogP contribution in [0.2, 0.25) is 0 Å². The molecule has 1 saturated heterocycles. The molecule has 0 aromatic carbocycles. The van der Waals surface area contributed by atoms with E-state index in [1.807, 2.05) is 0 Å². The summed E-state index contributed by atoms with van der Waals surface area (Å²) in [4.78, 5) is 11.4. The van der Waals surface area contributed by atoms with E-state index in [1.165, 1.54) is 10.6 Å². The van der Waals surface area contributed by atoms with E-state index in [0.717, 1.165) is 6.42 Å². The average Bonchev–Trinajstić information content (AvgIpc) is 2.74. The van der Waals surface area contributed by atoms with Gasteiger partial charge >= 0.3 is 0 Å². The van der Waals surface area contributed by atoms with E-state index in [2.05, 4.69) is 0 Å². The smallest absolute Gasteiger partial charge is 0.250 e. The van der Waals surface area contributed by atoms with E-state index in [-0.39, 0.29) is 11.5 Å². The normalized spacial score (nSPS) is 22.9. The fraction of sp³-hybridized carbons (Fsp3) is 0.545. The SMILES string of the molecule is O=c1ccccn1CC(O)C1CCOC1. The molecule has 1 fully saturated rings. The van der Waals surface area contributed by atoms with Crippen molar-refractivity contribution in [3.63, 3.8) is 0 Å². The Morgan fingerprint density at radius 3 is 3.13 bits per heavy atom. The number of aliphatic hydroxyl groups excluding tert-OH is 1. The second-order valence-corrected chi connectivity index (χ2v) is 3.88. The molecular weight excluding hydrogens is 194 g/mol. The molecule has 2 heterocycles. The average molecular weight is 209 g/mol. The molecule has 2 unspecified atom stereocenters. The summed E-state index contributed by atoms with van der Waals surface area (Å²) in [6.45, 7) is 1.67. The summed E-state index contributed by atoms with van der Waals surface area (Å²) in [6.07, 6.45) is 2.08. The molecule has 0 saturated carbocycles. The fourth-order valence-electron chi connectivity index (χ4n) is 1.82. The number of ether oxygens (including phenoxy) is 1. The maximum Gasteiger partial charge on any atom is 0.250 e. The lowest BCUT2D eigenvalue weighted by atomic mass is 10.0. The standard InChI is InChI=1S/C11H15NO3/c13-10(9-4-6-15-8-9)7-12-5-2-1-3-11(12)14/h1-3,5,9-10,13H,4,6-8H2. The van der Waals surface area contributed by atoms with Crippen molar-refractivity contribution in [3.05, 3.63) is 34.7 Å². The molecule has 82 valence electrons. The summed E-state index contributed by atoms with van der Waals surface area (Å²) in [5, 5.41) is 9.89. The monoisotopic (exact) mass is 209 g/mol. The van der Waals surface area contributed by atoms with Gasteiger partial charge < -0.3 is 14.4 Å². The van der Waals surface area contributed by atoms with Crippen molar-refractivity contribution in [1.82, 2.24) is 4.57 Å². The van der Waals surface area contributed by atoms with E-state index >= 15 is 0 Å². The number of aromatic nitrogens is 1. The van der Waals surface area contributed by atoms with Crippen LogP contribution in [0.4, 0.5) is 0 Å². The maximum absolute atomic E-state index is 11.4. The van der Waals surface area contributed by atoms with Gasteiger partial charge in [-0.3, -0.25) is 4.79 Å². The first-order valence-electron chi connectivity index (χ1n) is 5.18. The van der Waals surface area contributed by atoms with E-state index in [4.69, 9.17) is 4.74 Å². The minimum Gasteiger partial charge on any atom is -0.391 e. The first-order valence-corrected chi connectivity index (χ1v) is 5.18. The Bertz CT molecular complexity index is 368. The zero-order chi connectivity index (χ0) is 10.7. The molecule has 0 bridgehead atoms. The van der Waals surface area contributed by atoms with Gasteiger partial charge in [-0.25, -0.2) is 0 Å². The van der Waals surface area contributed by atoms with Gasteiger partial charge in [0.15, 0.2) is 0 Å². The van der Waals surface area contributed by atoms with Crippen molar-refractivity contribution in [2.75, 3.05) is 13.2 Å². The first kappa shape index (κ1) is 10.4. The van der Waals surface area contributed by atoms with Gasteiger partial charge in [0.25, 0.3) is 5.56 Å². The van der Waals surface area contributed by atoms with Crippen molar-refractivity contribution in [3.8, 4) is 0 Å². The van der Waals surface area contributed by atoms with Gasteiger partial charge in [-0.05, 0) is 12.5 Å². The van der Waals surface area contributed by atoms with Crippen LogP contribution in [-0.4, -0.2) is 29.0 Å². The molecule has 1 aliphatic heterocycles. The highest BCUT2D eigenvalue weighted by molar-refractivity contribution is 4.93. The molecule has 1 aliphatic rings. The van der Waals surface area contributed by atoms with Crippen molar-refractivity contribution in [2.45, 2.75) is 19.1 Å². The van der Waals surface area contributed by atoms with E-state index < -0.39 is 6.10 Å². The molecule has 1 N–H and O–H groups in total. The Kier molecular flexibility index (Phi) is 3.18. The third-order valence-electron chi connectivity index (χ3n) is 2.79. The molecule has 4 heteroatoms. The van der Waals surface area contributed by atoms with Crippen LogP contribution in [0.5, 0.6) is 0 Å². The number of aliphatic hydroxyl groups is 1. The Balaban J connectivity index is 2.02. The quantitative estimate of drug-likeness (QED) is 0.776. The summed E-state index contributed by atoms with van der Waals surface area (Å²) in [6, 6.07) is 4.99. The molecule has 4 nitrogen and oxygen atoms in total. The van der Waals surface area contributed by atoms with Crippen LogP contribution < -0.4 is 5.56 Å². The molecule has 0 aliphatic carbocycles. The van der Waals surface area contributed by atoms with Crippen LogP contribution in [0, 0.1) is 5.92 Å². The Labute approximate surface area is 88.1 Å². The number of pyridine rings is 1. The van der Waals surface area contributed by atoms with E-state index in [1.54, 1.807) is 18.3 Å². The zero-order valence-corrected chi connectivity index (χ0v) is 8.50. The number of rotatable bonds is 3. The summed E-state index contributed by atoms with van der Waals surface area (Å²) in [5.74, 6) is 0.164. The summed E-state index contributed by atoms with van der Waals surface area (Å²) in [7, 11) is 0. The summed E-state index contributed by atoms with van der Waals surface area (Å²) >= 11 is 0. The minimum atomic E-state index is -0.493. The molecule has 0 spiro atoms. The van der Waals surface area contributed by atoms with E-state index in [0.29, 0.717) is 19.8 Å². The fourth-order valence-corrected chi connectivity index (χ4v) is 1.82. The van der Waals surface area contributed by atoms with Gasteiger partial charge in [0, 0.05) is 24.8 Å². The lowest BCUT2D eigenvalue weighted by Gasteiger charge is -2.17. The maximum atomic E-state index is 11.4. The Morgan fingerprint density at radius 1 is 1.60 bits per heavy atom. The van der Waals surface area contributed by atoms with E-state index in [9.17, 15) is 9.90 Å². The largest absolute Gasteiger partial charge is 0.391 e. The molecule has 15 heavy (non-hydrogen) atoms. The van der Waals surface area contributed by atoms with Crippen LogP contribution >= 0.6 is 0 Å². The predicted octanol–water partition coefficient (Wildman–Crippen LogP) is 0.246.